The molecule has 0 spiro atoms. The summed E-state index contributed by atoms with van der Waals surface area (Å²) >= 11 is 0. The zero-order valence-corrected chi connectivity index (χ0v) is 21.0. The molecule has 34 heavy (non-hydrogen) atoms. The van der Waals surface area contributed by atoms with Crippen LogP contribution < -0.4 is 5.32 Å². The molecule has 2 heterocycles. The van der Waals surface area contributed by atoms with E-state index in [4.69, 9.17) is 9.98 Å². The van der Waals surface area contributed by atoms with Crippen LogP contribution in [0.3, 0.4) is 0 Å². The highest BCUT2D eigenvalue weighted by atomic mass is 15.2. The second-order valence-electron chi connectivity index (χ2n) is 9.21. The lowest BCUT2D eigenvalue weighted by atomic mass is 10.00. The van der Waals surface area contributed by atoms with E-state index in [1.807, 2.05) is 0 Å². The second-order valence-corrected chi connectivity index (χ2v) is 9.21. The van der Waals surface area contributed by atoms with Crippen LogP contribution >= 0.6 is 0 Å². The van der Waals surface area contributed by atoms with Crippen LogP contribution in [-0.4, -0.2) is 41.0 Å². The Morgan fingerprint density at radius 1 is 1.03 bits per heavy atom. The van der Waals surface area contributed by atoms with Gasteiger partial charge in [-0.1, -0.05) is 75.2 Å². The van der Waals surface area contributed by atoms with Gasteiger partial charge >= 0.3 is 5.84 Å². The maximum atomic E-state index is 5.17. The molecule has 176 valence electrons. The average Bonchev–Trinajstić information content (AvgIpc) is 3.07. The number of rotatable bonds is 8. The van der Waals surface area contributed by atoms with Gasteiger partial charge in [0.05, 0.1) is 12.2 Å². The van der Waals surface area contributed by atoms with Crippen molar-refractivity contribution >= 4 is 28.6 Å². The molecule has 0 aromatic heterocycles. The van der Waals surface area contributed by atoms with Crippen molar-refractivity contribution in [2.75, 3.05) is 13.1 Å². The van der Waals surface area contributed by atoms with Gasteiger partial charge in [0, 0.05) is 5.71 Å². The molecule has 0 amide bonds. The summed E-state index contributed by atoms with van der Waals surface area (Å²) in [5.41, 5.74) is 8.26. The first kappa shape index (κ1) is 23.9. The third kappa shape index (κ3) is 5.44. The normalized spacial score (nSPS) is 18.5. The predicted molar refractivity (Wildman–Crippen MR) is 146 cm³/mol. The summed E-state index contributed by atoms with van der Waals surface area (Å²) in [4.78, 5) is 10.2. The predicted octanol–water partition coefficient (Wildman–Crippen LogP) is 6.36. The molecular weight excluding hydrogens is 416 g/mol. The van der Waals surface area contributed by atoms with Crippen molar-refractivity contribution in [3.8, 4) is 0 Å². The van der Waals surface area contributed by atoms with Crippen LogP contribution in [0.2, 0.25) is 0 Å². The second kappa shape index (κ2) is 11.2. The van der Waals surface area contributed by atoms with Crippen LogP contribution in [0.5, 0.6) is 0 Å². The number of nitrogens with one attached hydrogen (secondary N) is 1. The molecule has 4 nitrogen and oxygen atoms in total. The Morgan fingerprint density at radius 3 is 2.41 bits per heavy atom. The third-order valence-corrected chi connectivity index (χ3v) is 6.38. The molecule has 2 aliphatic rings. The topological polar surface area (TPSA) is 39.8 Å². The monoisotopic (exact) mass is 453 g/mol. The van der Waals surface area contributed by atoms with Crippen LogP contribution in [-0.2, 0) is 12.8 Å². The fourth-order valence-electron chi connectivity index (χ4n) is 4.67. The Hall–Kier alpha value is -3.27. The van der Waals surface area contributed by atoms with Crippen molar-refractivity contribution in [3.05, 3.63) is 83.5 Å². The average molecular weight is 454 g/mol. The van der Waals surface area contributed by atoms with Gasteiger partial charge in [0.25, 0.3) is 0 Å². The Morgan fingerprint density at radius 2 is 1.74 bits per heavy atom. The van der Waals surface area contributed by atoms with Crippen LogP contribution in [0.1, 0.15) is 51.7 Å². The molecule has 0 saturated carbocycles. The molecule has 4 rings (SSSR count). The number of hydrogen-bond acceptors (Lipinski definition) is 3. The molecule has 2 aromatic rings. The van der Waals surface area contributed by atoms with Gasteiger partial charge in [-0.05, 0) is 61.6 Å². The molecule has 0 bridgehead atoms. The molecule has 0 fully saturated rings. The SMILES string of the molecule is CCCc1cccc(CCC)c1N=C(C)C1=CC=CC(C2=[N+](c3ccccc3)C[C@H](C)N2)=NC1. The molecular formula is C30H37N4+. The summed E-state index contributed by atoms with van der Waals surface area (Å²) in [6, 6.07) is 17.6. The molecule has 2 aromatic carbocycles. The standard InChI is InChI=1S/C30H36N4/c1-5-12-24-14-10-15-25(13-6-2)29(24)33-23(4)26-16-11-19-28(31-20-26)30-32-22(3)21-34(30)27-17-8-7-9-18-27/h7-11,14-19,22H,5-6,12-13,20-21H2,1-4H3/p+1/t22-/m0/s1. The summed E-state index contributed by atoms with van der Waals surface area (Å²) in [6.45, 7) is 10.4. The fraction of sp³-hybridized carbons (Fsp3) is 0.367. The lowest BCUT2D eigenvalue weighted by Gasteiger charge is -2.12. The van der Waals surface area contributed by atoms with Crippen molar-refractivity contribution in [3.63, 3.8) is 0 Å². The summed E-state index contributed by atoms with van der Waals surface area (Å²) in [5.74, 6) is 1.08. The van der Waals surface area contributed by atoms with Crippen LogP contribution in [0.15, 0.2) is 82.3 Å². The van der Waals surface area contributed by atoms with E-state index >= 15 is 0 Å². The van der Waals surface area contributed by atoms with Gasteiger partial charge in [-0.2, -0.15) is 0 Å². The highest BCUT2D eigenvalue weighted by Gasteiger charge is 2.31. The number of nitrogens with zero attached hydrogens (tertiary/aromatic N) is 3. The van der Waals surface area contributed by atoms with E-state index in [0.717, 1.165) is 60.7 Å². The quantitative estimate of drug-likeness (QED) is 0.367. The van der Waals surface area contributed by atoms with Crippen molar-refractivity contribution in [1.82, 2.24) is 5.32 Å². The van der Waals surface area contributed by atoms with E-state index in [-0.39, 0.29) is 0 Å². The number of allylic oxidation sites excluding steroid dienone is 2. The first-order valence-corrected chi connectivity index (χ1v) is 12.6. The number of aliphatic imine (C=N–C) groups is 2. The largest absolute Gasteiger partial charge is 0.301 e. The number of hydrogen-bond donors (Lipinski definition) is 1. The number of para-hydroxylation sites is 2. The number of aryl methyl sites for hydroxylation is 2. The van der Waals surface area contributed by atoms with Gasteiger partial charge in [0.1, 0.15) is 24.0 Å². The summed E-state index contributed by atoms with van der Waals surface area (Å²) < 4.78 is 2.33. The smallest absolute Gasteiger partial charge is 0.272 e. The van der Waals surface area contributed by atoms with Gasteiger partial charge in [-0.15, -0.1) is 0 Å². The first-order chi connectivity index (χ1) is 16.6. The van der Waals surface area contributed by atoms with Gasteiger partial charge < -0.3 is 0 Å². The highest BCUT2D eigenvalue weighted by molar-refractivity contribution is 6.44. The van der Waals surface area contributed by atoms with E-state index < -0.39 is 0 Å². The maximum absolute atomic E-state index is 5.17. The molecule has 2 aliphatic heterocycles. The van der Waals surface area contributed by atoms with Crippen LogP contribution in [0.4, 0.5) is 11.4 Å². The van der Waals surface area contributed by atoms with Crippen molar-refractivity contribution in [2.24, 2.45) is 9.98 Å². The lowest BCUT2D eigenvalue weighted by Crippen LogP contribution is -2.33. The number of benzene rings is 2. The lowest BCUT2D eigenvalue weighted by molar-refractivity contribution is -0.430. The molecule has 0 aliphatic carbocycles. The van der Waals surface area contributed by atoms with Crippen LogP contribution in [0, 0.1) is 0 Å². The molecule has 1 N–H and O–H groups in total. The fourth-order valence-corrected chi connectivity index (χ4v) is 4.67. The molecule has 0 unspecified atom stereocenters. The van der Waals surface area contributed by atoms with Gasteiger partial charge in [0.15, 0.2) is 0 Å². The van der Waals surface area contributed by atoms with E-state index in [1.165, 1.54) is 16.8 Å². The Labute approximate surface area is 204 Å². The first-order valence-electron chi connectivity index (χ1n) is 12.6. The molecule has 4 heteroatoms. The summed E-state index contributed by atoms with van der Waals surface area (Å²) in [6.07, 6.45) is 10.8. The molecule has 0 radical (unpaired) electrons. The minimum atomic E-state index is 0.373. The van der Waals surface area contributed by atoms with E-state index in [2.05, 4.69) is 104 Å². The van der Waals surface area contributed by atoms with E-state index in [9.17, 15) is 0 Å². The third-order valence-electron chi connectivity index (χ3n) is 6.38. The minimum absolute atomic E-state index is 0.373. The maximum Gasteiger partial charge on any atom is 0.301 e. The Bertz CT molecular complexity index is 1140. The zero-order chi connectivity index (χ0) is 23.9. The highest BCUT2D eigenvalue weighted by Crippen LogP contribution is 2.28. The van der Waals surface area contributed by atoms with E-state index in [0.29, 0.717) is 12.6 Å². The van der Waals surface area contributed by atoms with Crippen molar-refractivity contribution in [1.29, 1.82) is 0 Å². The summed E-state index contributed by atoms with van der Waals surface area (Å²) in [5, 5.41) is 3.63. The van der Waals surface area contributed by atoms with Crippen molar-refractivity contribution < 1.29 is 4.58 Å². The molecule has 0 saturated heterocycles. The Balaban J connectivity index is 1.63. The van der Waals surface area contributed by atoms with Crippen molar-refractivity contribution in [2.45, 2.75) is 59.4 Å². The number of amidine groups is 1. The van der Waals surface area contributed by atoms with Gasteiger partial charge in [0.2, 0.25) is 0 Å². The van der Waals surface area contributed by atoms with E-state index in [1.54, 1.807) is 0 Å². The van der Waals surface area contributed by atoms with Crippen LogP contribution in [0.25, 0.3) is 0 Å². The Kier molecular flexibility index (Phi) is 7.89. The zero-order valence-electron chi connectivity index (χ0n) is 21.0. The summed E-state index contributed by atoms with van der Waals surface area (Å²) in [7, 11) is 0. The minimum Gasteiger partial charge on any atom is -0.272 e. The molecule has 1 atom stereocenters. The van der Waals surface area contributed by atoms with Gasteiger partial charge in [-0.25, -0.2) is 4.58 Å². The van der Waals surface area contributed by atoms with Gasteiger partial charge in [-0.3, -0.25) is 15.3 Å².